The average Bonchev–Trinajstić information content (AvgIpc) is 3.24. The summed E-state index contributed by atoms with van der Waals surface area (Å²) < 4.78 is 1.88. The second kappa shape index (κ2) is 11.8. The van der Waals surface area contributed by atoms with Gasteiger partial charge in [0.1, 0.15) is 0 Å². The summed E-state index contributed by atoms with van der Waals surface area (Å²) >= 11 is 1.21. The monoisotopic (exact) mass is 510 g/mol. The molecule has 0 aliphatic heterocycles. The minimum atomic E-state index is -0.478. The van der Waals surface area contributed by atoms with Crippen molar-refractivity contribution in [1.29, 1.82) is 0 Å². The van der Waals surface area contributed by atoms with Crippen LogP contribution in [0.1, 0.15) is 54.1 Å². The lowest BCUT2D eigenvalue weighted by Gasteiger charge is -2.22. The van der Waals surface area contributed by atoms with Crippen molar-refractivity contribution in [2.75, 3.05) is 11.1 Å². The highest BCUT2D eigenvalue weighted by molar-refractivity contribution is 7.99. The normalized spacial score (nSPS) is 11.8. The molecule has 1 heterocycles. The van der Waals surface area contributed by atoms with Gasteiger partial charge in [-0.3, -0.25) is 19.7 Å². The van der Waals surface area contributed by atoms with E-state index in [-0.39, 0.29) is 35.2 Å². The SMILES string of the molecule is CCn1c(SCC(=O)Nc2ccc(C)c([N+](=O)[O-])c2)nnc1[C@H](NC(=O)c1ccc(C)cc1)C(C)C. The molecule has 0 fully saturated rings. The zero-order valence-corrected chi connectivity index (χ0v) is 21.8. The van der Waals surface area contributed by atoms with E-state index in [4.69, 9.17) is 0 Å². The van der Waals surface area contributed by atoms with Crippen molar-refractivity contribution in [2.45, 2.75) is 52.4 Å². The first-order chi connectivity index (χ1) is 17.1. The number of hydrogen-bond donors (Lipinski definition) is 2. The third-order valence-corrected chi connectivity index (χ3v) is 6.60. The Kier molecular flexibility index (Phi) is 8.81. The van der Waals surface area contributed by atoms with Crippen molar-refractivity contribution in [1.82, 2.24) is 20.1 Å². The number of carbonyl (C=O) groups is 2. The van der Waals surface area contributed by atoms with Gasteiger partial charge in [0.15, 0.2) is 11.0 Å². The van der Waals surface area contributed by atoms with Crippen molar-refractivity contribution >= 4 is 35.0 Å². The Balaban J connectivity index is 1.70. The first-order valence-electron chi connectivity index (χ1n) is 11.6. The number of hydrogen-bond acceptors (Lipinski definition) is 7. The number of carbonyl (C=O) groups excluding carboxylic acids is 2. The molecule has 0 saturated heterocycles. The molecular formula is C25H30N6O4S. The summed E-state index contributed by atoms with van der Waals surface area (Å²) in [6.07, 6.45) is 0. The summed E-state index contributed by atoms with van der Waals surface area (Å²) in [5.41, 5.74) is 2.46. The lowest BCUT2D eigenvalue weighted by molar-refractivity contribution is -0.385. The highest BCUT2D eigenvalue weighted by Gasteiger charge is 2.26. The van der Waals surface area contributed by atoms with Gasteiger partial charge < -0.3 is 15.2 Å². The van der Waals surface area contributed by atoms with Crippen LogP contribution < -0.4 is 10.6 Å². The van der Waals surface area contributed by atoms with Gasteiger partial charge in [-0.1, -0.05) is 49.4 Å². The molecule has 0 unspecified atom stereocenters. The van der Waals surface area contributed by atoms with Gasteiger partial charge in [0, 0.05) is 29.4 Å². The molecule has 2 aromatic carbocycles. The molecule has 2 amide bonds. The number of nitrogens with one attached hydrogen (secondary N) is 2. The Morgan fingerprint density at radius 2 is 1.81 bits per heavy atom. The van der Waals surface area contributed by atoms with Gasteiger partial charge in [-0.25, -0.2) is 0 Å². The van der Waals surface area contributed by atoms with E-state index >= 15 is 0 Å². The summed E-state index contributed by atoms with van der Waals surface area (Å²) in [7, 11) is 0. The number of thioether (sulfide) groups is 1. The van der Waals surface area contributed by atoms with Gasteiger partial charge in [0.2, 0.25) is 5.91 Å². The third-order valence-electron chi connectivity index (χ3n) is 5.63. The van der Waals surface area contributed by atoms with Crippen LogP contribution in [0.15, 0.2) is 47.6 Å². The maximum Gasteiger partial charge on any atom is 0.274 e. The quantitative estimate of drug-likeness (QED) is 0.230. The Morgan fingerprint density at radius 1 is 1.11 bits per heavy atom. The molecule has 3 aromatic rings. The van der Waals surface area contributed by atoms with E-state index in [1.54, 1.807) is 31.2 Å². The van der Waals surface area contributed by atoms with E-state index in [1.807, 2.05) is 44.4 Å². The fourth-order valence-electron chi connectivity index (χ4n) is 3.60. The zero-order valence-electron chi connectivity index (χ0n) is 20.9. The number of rotatable bonds is 10. The van der Waals surface area contributed by atoms with E-state index in [0.717, 1.165) is 5.56 Å². The van der Waals surface area contributed by atoms with E-state index in [1.165, 1.54) is 17.8 Å². The number of amides is 2. The lowest BCUT2D eigenvalue weighted by Crippen LogP contribution is -2.33. The predicted octanol–water partition coefficient (Wildman–Crippen LogP) is 4.68. The van der Waals surface area contributed by atoms with Crippen LogP contribution in [0, 0.1) is 29.9 Å². The molecule has 3 rings (SSSR count). The smallest absolute Gasteiger partial charge is 0.274 e. The van der Waals surface area contributed by atoms with Crippen LogP contribution in [0.3, 0.4) is 0 Å². The van der Waals surface area contributed by atoms with E-state index in [0.29, 0.717) is 34.3 Å². The molecule has 0 spiro atoms. The fourth-order valence-corrected chi connectivity index (χ4v) is 4.41. The van der Waals surface area contributed by atoms with Gasteiger partial charge in [0.25, 0.3) is 11.6 Å². The Hall–Kier alpha value is -3.73. The lowest BCUT2D eigenvalue weighted by atomic mass is 10.0. The van der Waals surface area contributed by atoms with E-state index in [2.05, 4.69) is 20.8 Å². The Bertz CT molecular complexity index is 1260. The summed E-state index contributed by atoms with van der Waals surface area (Å²) in [5.74, 6) is 0.193. The summed E-state index contributed by atoms with van der Waals surface area (Å²) in [5, 5.41) is 26.1. The van der Waals surface area contributed by atoms with Crippen LogP contribution in [-0.2, 0) is 11.3 Å². The fraction of sp³-hybridized carbons (Fsp3) is 0.360. The maximum atomic E-state index is 12.9. The molecule has 0 aliphatic rings. The third kappa shape index (κ3) is 6.48. The average molecular weight is 511 g/mol. The molecule has 0 saturated carbocycles. The molecule has 1 aromatic heterocycles. The highest BCUT2D eigenvalue weighted by Crippen LogP contribution is 2.26. The Morgan fingerprint density at radius 3 is 2.42 bits per heavy atom. The molecule has 36 heavy (non-hydrogen) atoms. The van der Waals surface area contributed by atoms with E-state index < -0.39 is 4.92 Å². The zero-order chi connectivity index (χ0) is 26.4. The maximum absolute atomic E-state index is 12.9. The molecule has 0 radical (unpaired) electrons. The molecule has 2 N–H and O–H groups in total. The predicted molar refractivity (Wildman–Crippen MR) is 139 cm³/mol. The summed E-state index contributed by atoms with van der Waals surface area (Å²) in [6, 6.07) is 11.5. The topological polar surface area (TPSA) is 132 Å². The van der Waals surface area contributed by atoms with Crippen LogP contribution in [-0.4, -0.2) is 37.3 Å². The summed E-state index contributed by atoms with van der Waals surface area (Å²) in [4.78, 5) is 36.0. The van der Waals surface area contributed by atoms with Crippen LogP contribution in [0.2, 0.25) is 0 Å². The van der Waals surface area contributed by atoms with Crippen molar-refractivity contribution < 1.29 is 14.5 Å². The van der Waals surface area contributed by atoms with E-state index in [9.17, 15) is 19.7 Å². The van der Waals surface area contributed by atoms with Gasteiger partial charge in [-0.2, -0.15) is 0 Å². The van der Waals surface area contributed by atoms with Crippen LogP contribution in [0.5, 0.6) is 0 Å². The highest BCUT2D eigenvalue weighted by atomic mass is 32.2. The first-order valence-corrected chi connectivity index (χ1v) is 12.6. The van der Waals surface area contributed by atoms with Gasteiger partial charge >= 0.3 is 0 Å². The molecule has 11 heteroatoms. The summed E-state index contributed by atoms with van der Waals surface area (Å²) in [6.45, 7) is 10.1. The number of benzene rings is 2. The van der Waals surface area contributed by atoms with Crippen LogP contribution in [0.4, 0.5) is 11.4 Å². The molecule has 190 valence electrons. The van der Waals surface area contributed by atoms with Gasteiger partial charge in [0.05, 0.1) is 16.7 Å². The molecule has 1 atom stereocenters. The minimum absolute atomic E-state index is 0.0435. The van der Waals surface area contributed by atoms with Crippen LogP contribution >= 0.6 is 11.8 Å². The molecular weight excluding hydrogens is 480 g/mol. The largest absolute Gasteiger partial charge is 0.342 e. The van der Waals surface area contributed by atoms with Crippen molar-refractivity contribution in [3.63, 3.8) is 0 Å². The number of anilines is 1. The minimum Gasteiger partial charge on any atom is -0.342 e. The molecule has 10 nitrogen and oxygen atoms in total. The number of aromatic nitrogens is 3. The number of nitro benzene ring substituents is 1. The van der Waals surface area contributed by atoms with Gasteiger partial charge in [-0.15, -0.1) is 10.2 Å². The Labute approximate surface area is 214 Å². The molecule has 0 bridgehead atoms. The van der Waals surface area contributed by atoms with Crippen molar-refractivity contribution in [2.24, 2.45) is 5.92 Å². The van der Waals surface area contributed by atoms with Crippen LogP contribution in [0.25, 0.3) is 0 Å². The first kappa shape index (κ1) is 26.9. The van der Waals surface area contributed by atoms with Crippen molar-refractivity contribution in [3.05, 3.63) is 75.1 Å². The second-order valence-electron chi connectivity index (χ2n) is 8.74. The number of nitrogens with zero attached hydrogens (tertiary/aromatic N) is 4. The molecule has 0 aliphatic carbocycles. The van der Waals surface area contributed by atoms with Crippen molar-refractivity contribution in [3.8, 4) is 0 Å². The second-order valence-corrected chi connectivity index (χ2v) is 9.68. The van der Waals surface area contributed by atoms with Gasteiger partial charge in [-0.05, 0) is 44.9 Å². The standard InChI is InChI=1S/C25H30N6O4S/c1-6-30-23(22(15(2)3)27-24(33)18-10-7-16(4)8-11-18)28-29-25(30)36-14-21(32)26-19-12-9-17(5)20(13-19)31(34)35/h7-13,15,22H,6,14H2,1-5H3,(H,26,32)(H,27,33)/t22-/m1/s1. The number of aryl methyl sites for hydroxylation is 2. The number of nitro groups is 1.